The molecule has 2 fully saturated rings. The average molecular weight is 289 g/mol. The van der Waals surface area contributed by atoms with Crippen LogP contribution in [0.4, 0.5) is 0 Å². The molecule has 1 saturated carbocycles. The second kappa shape index (κ2) is 6.33. The molecule has 5 nitrogen and oxygen atoms in total. The van der Waals surface area contributed by atoms with Gasteiger partial charge >= 0.3 is 0 Å². The molecule has 2 aliphatic rings. The molecular formula is C16H23N3O2. The Hall–Kier alpha value is -1.78. The Bertz CT molecular complexity index is 494. The van der Waals surface area contributed by atoms with Gasteiger partial charge in [0.1, 0.15) is 0 Å². The van der Waals surface area contributed by atoms with Crippen LogP contribution in [0.1, 0.15) is 31.4 Å². The van der Waals surface area contributed by atoms with E-state index in [0.717, 1.165) is 38.0 Å². The molecule has 1 saturated heterocycles. The van der Waals surface area contributed by atoms with E-state index in [9.17, 15) is 9.59 Å². The smallest absolute Gasteiger partial charge is 0.228 e. The van der Waals surface area contributed by atoms with E-state index in [0.29, 0.717) is 25.4 Å². The summed E-state index contributed by atoms with van der Waals surface area (Å²) in [6, 6.07) is 3.84. The van der Waals surface area contributed by atoms with Crippen LogP contribution in [0.5, 0.6) is 0 Å². The molecule has 0 spiro atoms. The van der Waals surface area contributed by atoms with Gasteiger partial charge in [-0.05, 0) is 31.4 Å². The first-order chi connectivity index (χ1) is 10.2. The molecule has 1 aliphatic carbocycles. The van der Waals surface area contributed by atoms with Crippen molar-refractivity contribution in [2.45, 2.75) is 32.1 Å². The van der Waals surface area contributed by atoms with Gasteiger partial charge in [0.05, 0.1) is 6.42 Å². The highest BCUT2D eigenvalue weighted by atomic mass is 16.2. The molecule has 0 bridgehead atoms. The highest BCUT2D eigenvalue weighted by Crippen LogP contribution is 2.28. The van der Waals surface area contributed by atoms with Crippen LogP contribution in [0.25, 0.3) is 0 Å². The highest BCUT2D eigenvalue weighted by Gasteiger charge is 2.30. The molecule has 0 atom stereocenters. The van der Waals surface area contributed by atoms with Crippen LogP contribution < -0.4 is 0 Å². The van der Waals surface area contributed by atoms with Crippen LogP contribution in [-0.4, -0.2) is 52.8 Å². The Labute approximate surface area is 125 Å². The normalized spacial score (nSPS) is 20.0. The fraction of sp³-hybridized carbons (Fsp3) is 0.625. The predicted octanol–water partition coefficient (Wildman–Crippen LogP) is 1.42. The van der Waals surface area contributed by atoms with Crippen molar-refractivity contribution < 1.29 is 9.59 Å². The number of hydrogen-bond acceptors (Lipinski definition) is 2. The average Bonchev–Trinajstić information content (AvgIpc) is 2.78. The standard InChI is InChI=1S/C16H23N3O2/c20-15(12-14-6-2-7-17-14)18-8-3-9-19(11-10-18)16(21)13-4-1-5-13/h2,6-7,13,17H,1,3-5,8-12H2. The third-order valence-electron chi connectivity index (χ3n) is 4.62. The molecule has 21 heavy (non-hydrogen) atoms. The molecule has 0 aromatic carbocycles. The van der Waals surface area contributed by atoms with Crippen molar-refractivity contribution in [1.29, 1.82) is 0 Å². The van der Waals surface area contributed by atoms with Gasteiger partial charge in [0.15, 0.2) is 0 Å². The monoisotopic (exact) mass is 289 g/mol. The van der Waals surface area contributed by atoms with Crippen molar-refractivity contribution in [1.82, 2.24) is 14.8 Å². The lowest BCUT2D eigenvalue weighted by molar-refractivity contribution is -0.138. The molecule has 0 unspecified atom stereocenters. The van der Waals surface area contributed by atoms with E-state index in [1.165, 1.54) is 6.42 Å². The minimum Gasteiger partial charge on any atom is -0.365 e. The van der Waals surface area contributed by atoms with Gasteiger partial charge in [-0.15, -0.1) is 0 Å². The third kappa shape index (κ3) is 3.28. The summed E-state index contributed by atoms with van der Waals surface area (Å²) in [6.45, 7) is 2.90. The summed E-state index contributed by atoms with van der Waals surface area (Å²) in [5.74, 6) is 0.710. The molecule has 1 aromatic heterocycles. The quantitative estimate of drug-likeness (QED) is 0.915. The van der Waals surface area contributed by atoms with Gasteiger partial charge in [-0.25, -0.2) is 0 Å². The van der Waals surface area contributed by atoms with E-state index >= 15 is 0 Å². The van der Waals surface area contributed by atoms with E-state index in [1.807, 2.05) is 28.1 Å². The van der Waals surface area contributed by atoms with Gasteiger partial charge in [-0.1, -0.05) is 6.42 Å². The summed E-state index contributed by atoms with van der Waals surface area (Å²) in [5, 5.41) is 0. The maximum Gasteiger partial charge on any atom is 0.228 e. The fourth-order valence-corrected chi connectivity index (χ4v) is 3.05. The first-order valence-electron chi connectivity index (χ1n) is 7.93. The highest BCUT2D eigenvalue weighted by molar-refractivity contribution is 5.80. The molecule has 1 aromatic rings. The van der Waals surface area contributed by atoms with Crippen LogP contribution in [0.3, 0.4) is 0 Å². The topological polar surface area (TPSA) is 56.4 Å². The minimum atomic E-state index is 0.149. The van der Waals surface area contributed by atoms with E-state index in [1.54, 1.807) is 0 Å². The maximum absolute atomic E-state index is 12.3. The number of carbonyl (C=O) groups excluding carboxylic acids is 2. The Kier molecular flexibility index (Phi) is 4.27. The molecule has 1 aliphatic heterocycles. The maximum atomic E-state index is 12.3. The van der Waals surface area contributed by atoms with E-state index in [2.05, 4.69) is 4.98 Å². The van der Waals surface area contributed by atoms with Crippen LogP contribution in [0.2, 0.25) is 0 Å². The third-order valence-corrected chi connectivity index (χ3v) is 4.62. The Morgan fingerprint density at radius 1 is 1.10 bits per heavy atom. The molecule has 2 amide bonds. The van der Waals surface area contributed by atoms with Crippen LogP contribution in [0.15, 0.2) is 18.3 Å². The van der Waals surface area contributed by atoms with Gasteiger partial charge in [0, 0.05) is 44.0 Å². The summed E-state index contributed by atoms with van der Waals surface area (Å²) in [5.41, 5.74) is 0.951. The van der Waals surface area contributed by atoms with E-state index < -0.39 is 0 Å². The molecule has 2 heterocycles. The van der Waals surface area contributed by atoms with E-state index in [4.69, 9.17) is 0 Å². The minimum absolute atomic E-state index is 0.149. The van der Waals surface area contributed by atoms with E-state index in [-0.39, 0.29) is 11.8 Å². The number of amides is 2. The van der Waals surface area contributed by atoms with Gasteiger partial charge in [-0.3, -0.25) is 9.59 Å². The van der Waals surface area contributed by atoms with Gasteiger partial charge < -0.3 is 14.8 Å². The number of carbonyl (C=O) groups is 2. The number of rotatable bonds is 3. The lowest BCUT2D eigenvalue weighted by Crippen LogP contribution is -2.41. The van der Waals surface area contributed by atoms with Crippen molar-refractivity contribution in [2.24, 2.45) is 5.92 Å². The van der Waals surface area contributed by atoms with Gasteiger partial charge in [0.2, 0.25) is 11.8 Å². The predicted molar refractivity (Wildman–Crippen MR) is 79.6 cm³/mol. The summed E-state index contributed by atoms with van der Waals surface area (Å²) in [6.07, 6.45) is 6.42. The number of aromatic amines is 1. The second-order valence-electron chi connectivity index (χ2n) is 6.06. The first kappa shape index (κ1) is 14.2. The summed E-state index contributed by atoms with van der Waals surface area (Å²) in [4.78, 5) is 31.5. The zero-order chi connectivity index (χ0) is 14.7. The first-order valence-corrected chi connectivity index (χ1v) is 7.93. The van der Waals surface area contributed by atoms with Crippen molar-refractivity contribution in [3.05, 3.63) is 24.0 Å². The molecule has 114 valence electrons. The Morgan fingerprint density at radius 2 is 1.86 bits per heavy atom. The zero-order valence-corrected chi connectivity index (χ0v) is 12.4. The van der Waals surface area contributed by atoms with Crippen molar-refractivity contribution in [3.63, 3.8) is 0 Å². The molecule has 3 rings (SSSR count). The number of aromatic nitrogens is 1. The number of nitrogens with zero attached hydrogens (tertiary/aromatic N) is 2. The number of nitrogens with one attached hydrogen (secondary N) is 1. The summed E-state index contributed by atoms with van der Waals surface area (Å²) < 4.78 is 0. The Balaban J connectivity index is 1.52. The number of hydrogen-bond donors (Lipinski definition) is 1. The molecule has 0 radical (unpaired) electrons. The second-order valence-corrected chi connectivity index (χ2v) is 6.06. The van der Waals surface area contributed by atoms with Gasteiger partial charge in [0.25, 0.3) is 0 Å². The van der Waals surface area contributed by atoms with Gasteiger partial charge in [-0.2, -0.15) is 0 Å². The largest absolute Gasteiger partial charge is 0.365 e. The SMILES string of the molecule is O=C(Cc1ccc[nH]1)N1CCCN(C(=O)C2CCC2)CC1. The van der Waals surface area contributed by atoms with Crippen molar-refractivity contribution in [2.75, 3.05) is 26.2 Å². The fourth-order valence-electron chi connectivity index (χ4n) is 3.05. The van der Waals surface area contributed by atoms with Crippen LogP contribution >= 0.6 is 0 Å². The van der Waals surface area contributed by atoms with Crippen LogP contribution in [0, 0.1) is 5.92 Å². The van der Waals surface area contributed by atoms with Crippen molar-refractivity contribution in [3.8, 4) is 0 Å². The number of H-pyrrole nitrogens is 1. The zero-order valence-electron chi connectivity index (χ0n) is 12.4. The molecule has 1 N–H and O–H groups in total. The molecule has 5 heteroatoms. The van der Waals surface area contributed by atoms with Crippen molar-refractivity contribution >= 4 is 11.8 Å². The lowest BCUT2D eigenvalue weighted by Gasteiger charge is -2.31. The lowest BCUT2D eigenvalue weighted by atomic mass is 9.84. The summed E-state index contributed by atoms with van der Waals surface area (Å²) >= 11 is 0. The Morgan fingerprint density at radius 3 is 2.52 bits per heavy atom. The molecular weight excluding hydrogens is 266 g/mol. The van der Waals surface area contributed by atoms with Crippen LogP contribution in [-0.2, 0) is 16.0 Å². The summed E-state index contributed by atoms with van der Waals surface area (Å²) in [7, 11) is 0.